The lowest BCUT2D eigenvalue weighted by atomic mass is 9.88. The van der Waals surface area contributed by atoms with Crippen LogP contribution in [0.5, 0.6) is 0 Å². The van der Waals surface area contributed by atoms with E-state index >= 15 is 0 Å². The molecule has 0 spiro atoms. The number of methoxy groups -OCH3 is 1. The van der Waals surface area contributed by atoms with Gasteiger partial charge >= 0.3 is 0 Å². The molecule has 0 unspecified atom stereocenters. The Hall–Kier alpha value is -0.860. The molecule has 0 aliphatic rings. The van der Waals surface area contributed by atoms with Crippen LogP contribution in [-0.2, 0) is 22.4 Å². The first-order chi connectivity index (χ1) is 9.35. The summed E-state index contributed by atoms with van der Waals surface area (Å²) < 4.78 is 5.26. The first-order valence-corrected chi connectivity index (χ1v) is 7.53. The highest BCUT2D eigenvalue weighted by Gasteiger charge is 2.24. The molecule has 1 aromatic carbocycles. The third kappa shape index (κ3) is 5.64. The van der Waals surface area contributed by atoms with E-state index in [9.17, 15) is 4.79 Å². The van der Waals surface area contributed by atoms with E-state index in [4.69, 9.17) is 16.3 Å². The predicted molar refractivity (Wildman–Crippen MR) is 84.2 cm³/mol. The zero-order valence-corrected chi connectivity index (χ0v) is 13.7. The molecule has 112 valence electrons. The van der Waals surface area contributed by atoms with Gasteiger partial charge < -0.3 is 4.74 Å². The van der Waals surface area contributed by atoms with Crippen LogP contribution in [0.2, 0.25) is 0 Å². The average molecular weight is 297 g/mol. The van der Waals surface area contributed by atoms with Gasteiger partial charge in [0.2, 0.25) is 5.24 Å². The molecule has 0 aromatic heterocycles. The molecule has 0 aliphatic carbocycles. The number of rotatable bonds is 8. The van der Waals surface area contributed by atoms with Crippen molar-refractivity contribution in [2.75, 3.05) is 7.11 Å². The number of benzene rings is 1. The Kier molecular flexibility index (Phi) is 6.70. The lowest BCUT2D eigenvalue weighted by molar-refractivity contribution is -0.119. The van der Waals surface area contributed by atoms with Crippen molar-refractivity contribution in [1.82, 2.24) is 0 Å². The zero-order valence-electron chi connectivity index (χ0n) is 12.9. The summed E-state index contributed by atoms with van der Waals surface area (Å²) in [5.74, 6) is 0. The molecule has 0 bridgehead atoms. The van der Waals surface area contributed by atoms with Crippen LogP contribution < -0.4 is 0 Å². The van der Waals surface area contributed by atoms with Crippen molar-refractivity contribution in [3.8, 4) is 0 Å². The van der Waals surface area contributed by atoms with Gasteiger partial charge in [-0.15, -0.1) is 0 Å². The van der Waals surface area contributed by atoms with Gasteiger partial charge in [0.05, 0.1) is 6.10 Å². The van der Waals surface area contributed by atoms with E-state index in [0.717, 1.165) is 25.7 Å². The lowest BCUT2D eigenvalue weighted by Gasteiger charge is -2.19. The normalized spacial score (nSPS) is 13.2. The van der Waals surface area contributed by atoms with Gasteiger partial charge in [0, 0.05) is 12.5 Å². The summed E-state index contributed by atoms with van der Waals surface area (Å²) >= 11 is 5.58. The number of carbonyl (C=O) groups excluding carboxylic acids is 1. The van der Waals surface area contributed by atoms with Crippen LogP contribution in [0, 0.1) is 5.41 Å². The molecule has 2 nitrogen and oxygen atoms in total. The minimum atomic E-state index is -0.421. The Labute approximate surface area is 127 Å². The summed E-state index contributed by atoms with van der Waals surface area (Å²) in [7, 11) is 1.74. The molecule has 0 fully saturated rings. The maximum atomic E-state index is 11.2. The van der Waals surface area contributed by atoms with Gasteiger partial charge in [-0.1, -0.05) is 38.1 Å². The van der Waals surface area contributed by atoms with Crippen LogP contribution >= 0.6 is 11.6 Å². The van der Waals surface area contributed by atoms with Crippen LogP contribution in [0.3, 0.4) is 0 Å². The van der Waals surface area contributed by atoms with E-state index < -0.39 is 5.41 Å². The molecule has 1 rings (SSSR count). The first kappa shape index (κ1) is 17.2. The van der Waals surface area contributed by atoms with Crippen LogP contribution in [0.25, 0.3) is 0 Å². The number of ether oxygens (including phenoxy) is 1. The molecule has 20 heavy (non-hydrogen) atoms. The quantitative estimate of drug-likeness (QED) is 0.666. The van der Waals surface area contributed by atoms with E-state index in [1.165, 1.54) is 11.1 Å². The number of aryl methyl sites for hydroxylation is 1. The summed E-state index contributed by atoms with van der Waals surface area (Å²) in [5.41, 5.74) is 2.17. The molecule has 0 saturated heterocycles. The fourth-order valence-electron chi connectivity index (χ4n) is 2.09. The van der Waals surface area contributed by atoms with Crippen molar-refractivity contribution in [1.29, 1.82) is 0 Å². The van der Waals surface area contributed by atoms with Crippen molar-refractivity contribution in [2.45, 2.75) is 52.6 Å². The number of halogens is 1. The molecule has 0 N–H and O–H groups in total. The molecule has 0 radical (unpaired) electrons. The van der Waals surface area contributed by atoms with Crippen molar-refractivity contribution < 1.29 is 9.53 Å². The minimum Gasteiger partial charge on any atom is -0.381 e. The predicted octanol–water partition coefficient (Wildman–Crippen LogP) is 4.38. The Morgan fingerprint density at radius 1 is 1.25 bits per heavy atom. The maximum absolute atomic E-state index is 11.2. The molecule has 0 amide bonds. The second-order valence-electron chi connectivity index (χ2n) is 6.08. The van der Waals surface area contributed by atoms with Gasteiger partial charge in [-0.2, -0.15) is 0 Å². The second-order valence-corrected chi connectivity index (χ2v) is 6.42. The first-order valence-electron chi connectivity index (χ1n) is 7.15. The molecule has 1 atom stereocenters. The number of carbonyl (C=O) groups is 1. The van der Waals surface area contributed by atoms with Crippen molar-refractivity contribution in [3.05, 3.63) is 35.4 Å². The highest BCUT2D eigenvalue weighted by Crippen LogP contribution is 2.26. The summed E-state index contributed by atoms with van der Waals surface area (Å²) in [6.07, 6.45) is 3.95. The SMILES string of the molecule is CO[C@H](C)Cc1ccc(CCCC(C)(C)C(=O)Cl)cc1. The third-order valence-corrected chi connectivity index (χ3v) is 4.26. The average Bonchev–Trinajstić information content (AvgIpc) is 2.40. The summed E-state index contributed by atoms with van der Waals surface area (Å²) in [6.45, 7) is 5.87. The van der Waals surface area contributed by atoms with Gasteiger partial charge in [0.1, 0.15) is 0 Å². The van der Waals surface area contributed by atoms with Crippen LogP contribution in [0.15, 0.2) is 24.3 Å². The highest BCUT2D eigenvalue weighted by molar-refractivity contribution is 6.64. The van der Waals surface area contributed by atoms with E-state index in [0.29, 0.717) is 0 Å². The largest absolute Gasteiger partial charge is 0.381 e. The van der Waals surface area contributed by atoms with Crippen LogP contribution in [0.1, 0.15) is 44.7 Å². The van der Waals surface area contributed by atoms with Crippen molar-refractivity contribution in [3.63, 3.8) is 0 Å². The number of hydrogen-bond donors (Lipinski definition) is 0. The Morgan fingerprint density at radius 3 is 2.30 bits per heavy atom. The van der Waals surface area contributed by atoms with Crippen LogP contribution in [-0.4, -0.2) is 18.5 Å². The Bertz CT molecular complexity index is 423. The topological polar surface area (TPSA) is 26.3 Å². The van der Waals surface area contributed by atoms with Gasteiger partial charge in [0.25, 0.3) is 0 Å². The third-order valence-electron chi connectivity index (χ3n) is 3.75. The van der Waals surface area contributed by atoms with Crippen molar-refractivity contribution >= 4 is 16.8 Å². The maximum Gasteiger partial charge on any atom is 0.227 e. The molecular weight excluding hydrogens is 272 g/mol. The molecule has 1 aromatic rings. The molecule has 0 heterocycles. The minimum absolute atomic E-state index is 0.247. The zero-order chi connectivity index (χ0) is 15.2. The van der Waals surface area contributed by atoms with Crippen LogP contribution in [0.4, 0.5) is 0 Å². The van der Waals surface area contributed by atoms with Crippen molar-refractivity contribution in [2.24, 2.45) is 5.41 Å². The monoisotopic (exact) mass is 296 g/mol. The number of hydrogen-bond acceptors (Lipinski definition) is 2. The molecule has 0 saturated carbocycles. The van der Waals surface area contributed by atoms with Gasteiger partial charge in [0.15, 0.2) is 0 Å². The summed E-state index contributed by atoms with van der Waals surface area (Å²) in [5, 5.41) is -0.249. The van der Waals surface area contributed by atoms with E-state index in [1.807, 2.05) is 13.8 Å². The highest BCUT2D eigenvalue weighted by atomic mass is 35.5. The Balaban J connectivity index is 2.44. The summed E-state index contributed by atoms with van der Waals surface area (Å²) in [6, 6.07) is 8.63. The van der Waals surface area contributed by atoms with Gasteiger partial charge in [-0.25, -0.2) is 0 Å². The molecular formula is C17H25ClO2. The fourth-order valence-corrected chi connectivity index (χ4v) is 2.18. The summed E-state index contributed by atoms with van der Waals surface area (Å²) in [4.78, 5) is 11.2. The van der Waals surface area contributed by atoms with E-state index in [2.05, 4.69) is 31.2 Å². The van der Waals surface area contributed by atoms with E-state index in [-0.39, 0.29) is 11.3 Å². The van der Waals surface area contributed by atoms with Gasteiger partial charge in [-0.05, 0) is 55.3 Å². The fraction of sp³-hybridized carbons (Fsp3) is 0.588. The second kappa shape index (κ2) is 7.80. The standard InChI is InChI=1S/C17H25ClO2/c1-13(20-4)12-15-9-7-14(8-10-15)6-5-11-17(2,3)16(18)19/h7-10,13H,5-6,11-12H2,1-4H3/t13-/m1/s1. The lowest BCUT2D eigenvalue weighted by Crippen LogP contribution is -2.19. The smallest absolute Gasteiger partial charge is 0.227 e. The van der Waals surface area contributed by atoms with Gasteiger partial charge in [-0.3, -0.25) is 4.79 Å². The molecule has 0 aliphatic heterocycles. The molecule has 3 heteroatoms. The van der Waals surface area contributed by atoms with E-state index in [1.54, 1.807) is 7.11 Å². The Morgan fingerprint density at radius 2 is 1.80 bits per heavy atom.